The van der Waals surface area contributed by atoms with Crippen LogP contribution in [0.1, 0.15) is 33.6 Å². The first kappa shape index (κ1) is 37.6. The lowest BCUT2D eigenvalue weighted by Gasteiger charge is -2.43. The van der Waals surface area contributed by atoms with Crippen LogP contribution in [-0.4, -0.2) is 133 Å². The fourth-order valence-corrected chi connectivity index (χ4v) is 11.0. The summed E-state index contributed by atoms with van der Waals surface area (Å²) in [6.07, 6.45) is 3.23. The van der Waals surface area contributed by atoms with Gasteiger partial charge in [0.05, 0.1) is 69.9 Å². The van der Waals surface area contributed by atoms with E-state index in [1.54, 1.807) is 35.2 Å². The summed E-state index contributed by atoms with van der Waals surface area (Å²) in [6.45, 7) is 13.6. The molecule has 12 nitrogen and oxygen atoms in total. The summed E-state index contributed by atoms with van der Waals surface area (Å²) in [5.41, 5.74) is 1.10. The average Bonchev–Trinajstić information content (AvgIpc) is 3.85. The number of piperidine rings is 1. The van der Waals surface area contributed by atoms with E-state index < -0.39 is 10.1 Å². The molecule has 11 rings (SSSR count). The van der Waals surface area contributed by atoms with Crippen LogP contribution in [0.4, 0.5) is 11.6 Å². The number of benzene rings is 3. The monoisotopic (exact) mass is 813 g/mol. The zero-order valence-corrected chi connectivity index (χ0v) is 34.0. The van der Waals surface area contributed by atoms with Gasteiger partial charge in [-0.2, -0.15) is 8.75 Å². The Morgan fingerprint density at radius 3 is 1.68 bits per heavy atom. The van der Waals surface area contributed by atoms with Crippen molar-refractivity contribution in [2.45, 2.75) is 12.8 Å². The molecular formula is C41H47N7O5S3. The molecule has 6 heterocycles. The highest BCUT2D eigenvalue weighted by molar-refractivity contribution is 7.84. The van der Waals surface area contributed by atoms with Crippen LogP contribution in [0, 0.1) is 23.7 Å². The van der Waals surface area contributed by atoms with Crippen LogP contribution >= 0.6 is 23.1 Å². The SMILES string of the molecule is CS(=O)(=O)[O-].O=C1c2ccccc2C(=O)N1C[C@H]1C[C@@H]1CN1CCN(c2nsc3ccccc23)CC1.c1ccc2c(N3CC[N+]4(CC3)C[C@H]3C[C@@H]3C4)nsc2c1. The molecule has 0 bridgehead atoms. The fraction of sp³-hybridized carbons (Fsp3) is 0.463. The first-order valence-corrected chi connectivity index (χ1v) is 23.0. The van der Waals surface area contributed by atoms with Crippen LogP contribution in [-0.2, 0) is 10.1 Å². The van der Waals surface area contributed by atoms with Gasteiger partial charge >= 0.3 is 0 Å². The first-order chi connectivity index (χ1) is 27.0. The number of hydrogen-bond acceptors (Lipinski definition) is 12. The van der Waals surface area contributed by atoms with Crippen LogP contribution in [0.3, 0.4) is 0 Å². The largest absolute Gasteiger partial charge is 0.748 e. The minimum Gasteiger partial charge on any atom is -0.748 e. The van der Waals surface area contributed by atoms with Crippen molar-refractivity contribution in [2.75, 3.05) is 94.6 Å². The number of amides is 2. The number of aromatic nitrogens is 2. The highest BCUT2D eigenvalue weighted by atomic mass is 32.2. The third-order valence-corrected chi connectivity index (χ3v) is 14.2. The van der Waals surface area contributed by atoms with Gasteiger partial charge in [-0.3, -0.25) is 19.4 Å². The average molecular weight is 814 g/mol. The third-order valence-electron chi connectivity index (χ3n) is 12.5. The summed E-state index contributed by atoms with van der Waals surface area (Å²) in [5.74, 6) is 5.27. The zero-order valence-electron chi connectivity index (χ0n) is 31.5. The number of carbonyl (C=O) groups excluding carboxylic acids is 2. The minimum atomic E-state index is -3.92. The standard InChI is InChI=1S/C24H24N4O2S.C16H20N3S.CH4O3S/c29-23-18-5-1-2-6-19(18)24(30)28(23)15-17-13-16(17)14-26-9-11-27(12-10-26)22-20-7-3-4-8-21(20)31-25-22;1-2-4-15-14(3-1)16(17-20-15)18-5-7-19(8-6-18)10-12-9-13(12)11-19;1-5(2,3)4/h1-8,16-17H,9-15H2;1-4,12-13H,5-11H2;1H3,(H,2,3,4)/q;+1;/p-1/t16-,17-;12-,13-;/m11./s1. The molecule has 2 aromatic heterocycles. The van der Waals surface area contributed by atoms with Crippen LogP contribution < -0.4 is 9.80 Å². The first-order valence-electron chi connectivity index (χ1n) is 19.6. The summed E-state index contributed by atoms with van der Waals surface area (Å²) < 4.78 is 40.6. The normalized spacial score (nSPS) is 25.1. The van der Waals surface area contributed by atoms with E-state index in [2.05, 4.69) is 63.2 Å². The van der Waals surface area contributed by atoms with Crippen molar-refractivity contribution >= 4 is 76.8 Å². The zero-order chi connectivity index (χ0) is 38.6. The minimum absolute atomic E-state index is 0.129. The molecule has 4 atom stereocenters. The second-order valence-electron chi connectivity index (χ2n) is 16.4. The Morgan fingerprint density at radius 2 is 1.14 bits per heavy atom. The summed E-state index contributed by atoms with van der Waals surface area (Å²) in [5, 5.41) is 2.60. The van der Waals surface area contributed by atoms with Crippen molar-refractivity contribution in [3.8, 4) is 0 Å². The van der Waals surface area contributed by atoms with Gasteiger partial charge in [-0.1, -0.05) is 36.4 Å². The van der Waals surface area contributed by atoms with Gasteiger partial charge in [0.2, 0.25) is 0 Å². The van der Waals surface area contributed by atoms with Gasteiger partial charge in [-0.05, 0) is 84.1 Å². The van der Waals surface area contributed by atoms with Gasteiger partial charge in [0.25, 0.3) is 11.8 Å². The Bertz CT molecular complexity index is 2310. The van der Waals surface area contributed by atoms with Crippen molar-refractivity contribution in [3.05, 3.63) is 83.9 Å². The summed E-state index contributed by atoms with van der Waals surface area (Å²) >= 11 is 3.22. The van der Waals surface area contributed by atoms with Gasteiger partial charge in [0.15, 0.2) is 5.82 Å². The lowest BCUT2D eigenvalue weighted by molar-refractivity contribution is -0.922. The summed E-state index contributed by atoms with van der Waals surface area (Å²) in [6, 6.07) is 24.2. The van der Waals surface area contributed by atoms with Crippen LogP contribution in [0.15, 0.2) is 72.8 Å². The molecule has 15 heteroatoms. The molecule has 5 fully saturated rings. The predicted octanol–water partition coefficient (Wildman–Crippen LogP) is 5.09. The van der Waals surface area contributed by atoms with Crippen LogP contribution in [0.25, 0.3) is 20.2 Å². The number of carbonyl (C=O) groups is 2. The molecule has 294 valence electrons. The number of nitrogens with zero attached hydrogens (tertiary/aromatic N) is 7. The van der Waals surface area contributed by atoms with Crippen molar-refractivity contribution in [1.82, 2.24) is 18.5 Å². The van der Waals surface area contributed by atoms with Gasteiger partial charge < -0.3 is 18.8 Å². The number of anilines is 2. The molecular weight excluding hydrogens is 767 g/mol. The van der Waals surface area contributed by atoms with Gasteiger partial charge in [0, 0.05) is 68.1 Å². The predicted molar refractivity (Wildman–Crippen MR) is 220 cm³/mol. The van der Waals surface area contributed by atoms with Crippen molar-refractivity contribution < 1.29 is 27.0 Å². The smallest absolute Gasteiger partial charge is 0.261 e. The Hall–Kier alpha value is -3.99. The molecule has 2 aliphatic carbocycles. The highest BCUT2D eigenvalue weighted by Gasteiger charge is 2.55. The van der Waals surface area contributed by atoms with E-state index in [1.165, 1.54) is 81.1 Å². The molecule has 3 saturated heterocycles. The Morgan fingerprint density at radius 1 is 0.679 bits per heavy atom. The van der Waals surface area contributed by atoms with Gasteiger partial charge in [0.1, 0.15) is 5.82 Å². The highest BCUT2D eigenvalue weighted by Crippen LogP contribution is 2.49. The van der Waals surface area contributed by atoms with E-state index in [1.807, 2.05) is 12.1 Å². The maximum absolute atomic E-state index is 12.6. The molecule has 4 aliphatic heterocycles. The molecule has 56 heavy (non-hydrogen) atoms. The van der Waals surface area contributed by atoms with Gasteiger partial charge in [-0.15, -0.1) is 0 Å². The van der Waals surface area contributed by atoms with Crippen molar-refractivity contribution in [3.63, 3.8) is 0 Å². The maximum Gasteiger partial charge on any atom is 0.261 e. The number of piperazine rings is 2. The van der Waals surface area contributed by atoms with E-state index in [0.29, 0.717) is 35.8 Å². The lowest BCUT2D eigenvalue weighted by Crippen LogP contribution is -2.59. The molecule has 0 N–H and O–H groups in total. The fourth-order valence-electron chi connectivity index (χ4n) is 9.37. The lowest BCUT2D eigenvalue weighted by atomic mass is 10.1. The molecule has 2 amide bonds. The molecule has 2 saturated carbocycles. The van der Waals surface area contributed by atoms with E-state index in [-0.39, 0.29) is 11.8 Å². The summed E-state index contributed by atoms with van der Waals surface area (Å²) in [4.78, 5) is 34.1. The van der Waals surface area contributed by atoms with E-state index >= 15 is 0 Å². The molecule has 0 unspecified atom stereocenters. The topological polar surface area (TPSA) is 130 Å². The number of fused-ring (bicyclic) bond motifs is 4. The molecule has 0 radical (unpaired) electrons. The maximum atomic E-state index is 12.6. The van der Waals surface area contributed by atoms with E-state index in [4.69, 9.17) is 21.7 Å². The van der Waals surface area contributed by atoms with Crippen molar-refractivity contribution in [2.24, 2.45) is 23.7 Å². The van der Waals surface area contributed by atoms with E-state index in [9.17, 15) is 9.59 Å². The Labute approximate surface area is 336 Å². The molecule has 5 aromatic rings. The number of hydrogen-bond donors (Lipinski definition) is 0. The second kappa shape index (κ2) is 15.1. The molecule has 3 aromatic carbocycles. The quantitative estimate of drug-likeness (QED) is 0.130. The number of rotatable bonds is 6. The number of quaternary nitrogens is 1. The molecule has 1 spiro atoms. The molecule has 6 aliphatic rings. The van der Waals surface area contributed by atoms with Crippen LogP contribution in [0.2, 0.25) is 0 Å². The van der Waals surface area contributed by atoms with Crippen LogP contribution in [0.5, 0.6) is 0 Å². The second-order valence-corrected chi connectivity index (χ2v) is 19.4. The Kier molecular flexibility index (Phi) is 10.1. The third kappa shape index (κ3) is 7.94. The summed E-state index contributed by atoms with van der Waals surface area (Å²) in [7, 11) is -3.92. The van der Waals surface area contributed by atoms with Crippen molar-refractivity contribution in [1.29, 1.82) is 0 Å². The van der Waals surface area contributed by atoms with E-state index in [0.717, 1.165) is 56.8 Å². The number of imide groups is 1. The Balaban J connectivity index is 0.000000140. The van der Waals surface area contributed by atoms with Gasteiger partial charge in [-0.25, -0.2) is 8.42 Å².